The Hall–Kier alpha value is -2.83. The molecule has 1 aliphatic rings. The maximum Gasteiger partial charge on any atom is 0.201 e. The number of benzene rings is 3. The fourth-order valence-electron chi connectivity index (χ4n) is 5.15. The molecule has 3 aromatic rings. The van der Waals surface area contributed by atoms with Gasteiger partial charge in [0.1, 0.15) is 5.82 Å². The smallest absolute Gasteiger partial charge is 0.201 e. The highest BCUT2D eigenvalue weighted by Crippen LogP contribution is 2.34. The van der Waals surface area contributed by atoms with Crippen LogP contribution in [0.4, 0.5) is 13.2 Å². The maximum atomic E-state index is 15.0. The van der Waals surface area contributed by atoms with E-state index in [-0.39, 0.29) is 11.3 Å². The van der Waals surface area contributed by atoms with E-state index < -0.39 is 23.7 Å². The van der Waals surface area contributed by atoms with Crippen LogP contribution in [0.25, 0.3) is 22.3 Å². The molecule has 0 saturated carbocycles. The number of hydrogen-bond acceptors (Lipinski definition) is 3. The van der Waals surface area contributed by atoms with E-state index in [0.717, 1.165) is 37.7 Å². The van der Waals surface area contributed by atoms with Gasteiger partial charge in [-0.25, -0.2) is 8.78 Å². The minimum Gasteiger partial charge on any atom is -0.490 e. The average molecular weight is 555 g/mol. The van der Waals surface area contributed by atoms with Crippen molar-refractivity contribution in [1.82, 2.24) is 0 Å². The van der Waals surface area contributed by atoms with Crippen molar-refractivity contribution in [1.29, 1.82) is 0 Å². The van der Waals surface area contributed by atoms with Crippen molar-refractivity contribution in [2.24, 2.45) is 5.92 Å². The van der Waals surface area contributed by atoms with E-state index in [2.05, 4.69) is 13.8 Å². The summed E-state index contributed by atoms with van der Waals surface area (Å²) in [7, 11) is 0. The minimum absolute atomic E-state index is 0.0637. The van der Waals surface area contributed by atoms with Crippen LogP contribution in [0.1, 0.15) is 83.5 Å². The lowest BCUT2D eigenvalue weighted by Crippen LogP contribution is -2.27. The van der Waals surface area contributed by atoms with Gasteiger partial charge in [-0.15, -0.1) is 0 Å². The summed E-state index contributed by atoms with van der Waals surface area (Å²) in [4.78, 5) is 0. The van der Waals surface area contributed by atoms with E-state index in [1.807, 2.05) is 6.07 Å². The zero-order valence-electron chi connectivity index (χ0n) is 23.7. The van der Waals surface area contributed by atoms with Gasteiger partial charge >= 0.3 is 0 Å². The Morgan fingerprint density at radius 2 is 1.35 bits per heavy atom. The van der Waals surface area contributed by atoms with Crippen molar-refractivity contribution in [3.63, 3.8) is 0 Å². The van der Waals surface area contributed by atoms with E-state index in [1.54, 1.807) is 30.3 Å². The Bertz CT molecular complexity index is 1200. The molecule has 0 unspecified atom stereocenters. The van der Waals surface area contributed by atoms with Gasteiger partial charge in [0.05, 0.1) is 19.8 Å². The molecule has 0 spiro atoms. The second-order valence-electron chi connectivity index (χ2n) is 10.7. The molecule has 3 aromatic carbocycles. The van der Waals surface area contributed by atoms with Gasteiger partial charge in [0.25, 0.3) is 0 Å². The number of ether oxygens (including phenoxy) is 3. The Balaban J connectivity index is 1.35. The summed E-state index contributed by atoms with van der Waals surface area (Å²) in [6, 6.07) is 14.9. The summed E-state index contributed by atoms with van der Waals surface area (Å²) in [5.41, 5.74) is 2.50. The van der Waals surface area contributed by atoms with Crippen LogP contribution >= 0.6 is 0 Å². The largest absolute Gasteiger partial charge is 0.490 e. The number of rotatable bonds is 14. The summed E-state index contributed by atoms with van der Waals surface area (Å²) in [6.07, 6.45) is 9.27. The molecular formula is C34H41F3O3. The summed E-state index contributed by atoms with van der Waals surface area (Å²) >= 11 is 0. The van der Waals surface area contributed by atoms with E-state index >= 15 is 0 Å². The van der Waals surface area contributed by atoms with Gasteiger partial charge < -0.3 is 14.2 Å². The lowest BCUT2D eigenvalue weighted by Gasteiger charge is -2.29. The van der Waals surface area contributed by atoms with Crippen LogP contribution in [-0.4, -0.2) is 19.8 Å². The second-order valence-corrected chi connectivity index (χ2v) is 10.7. The summed E-state index contributed by atoms with van der Waals surface area (Å²) in [6.45, 7) is 5.80. The van der Waals surface area contributed by atoms with Gasteiger partial charge in [-0.2, -0.15) is 4.39 Å². The van der Waals surface area contributed by atoms with Crippen LogP contribution < -0.4 is 4.74 Å². The van der Waals surface area contributed by atoms with Crippen LogP contribution in [0.5, 0.6) is 5.75 Å². The van der Waals surface area contributed by atoms with Crippen molar-refractivity contribution in [3.05, 3.63) is 77.6 Å². The highest BCUT2D eigenvalue weighted by atomic mass is 19.2. The van der Waals surface area contributed by atoms with E-state index in [9.17, 15) is 13.2 Å². The fourth-order valence-corrected chi connectivity index (χ4v) is 5.15. The molecule has 40 heavy (non-hydrogen) atoms. The van der Waals surface area contributed by atoms with E-state index in [1.165, 1.54) is 43.9 Å². The Labute approximate surface area is 236 Å². The zero-order valence-corrected chi connectivity index (χ0v) is 23.7. The summed E-state index contributed by atoms with van der Waals surface area (Å²) < 4.78 is 61.7. The van der Waals surface area contributed by atoms with Crippen molar-refractivity contribution >= 4 is 0 Å². The normalized spacial score (nSPS) is 17.2. The topological polar surface area (TPSA) is 27.7 Å². The average Bonchev–Trinajstić information content (AvgIpc) is 2.97. The van der Waals surface area contributed by atoms with Crippen molar-refractivity contribution in [3.8, 4) is 28.0 Å². The second kappa shape index (κ2) is 15.2. The first-order chi connectivity index (χ1) is 19.5. The number of unbranched alkanes of at least 4 members (excludes halogenated alkanes) is 6. The van der Waals surface area contributed by atoms with Crippen LogP contribution in [0.3, 0.4) is 0 Å². The van der Waals surface area contributed by atoms with Crippen LogP contribution in [0.2, 0.25) is 0 Å². The third-order valence-electron chi connectivity index (χ3n) is 7.50. The molecule has 0 aliphatic carbocycles. The van der Waals surface area contributed by atoms with Gasteiger partial charge in [-0.05, 0) is 47.7 Å². The number of hydrogen-bond donors (Lipinski definition) is 0. The molecule has 4 rings (SSSR count). The van der Waals surface area contributed by atoms with Gasteiger partial charge in [0, 0.05) is 17.0 Å². The van der Waals surface area contributed by atoms with Gasteiger partial charge in [0.2, 0.25) is 5.82 Å². The van der Waals surface area contributed by atoms with Crippen LogP contribution in [0.15, 0.2) is 54.6 Å². The first kappa shape index (κ1) is 30.1. The number of halogens is 3. The minimum atomic E-state index is -0.977. The highest BCUT2D eigenvalue weighted by molar-refractivity contribution is 5.71. The fraction of sp³-hybridized carbons (Fsp3) is 0.471. The predicted molar refractivity (Wildman–Crippen MR) is 154 cm³/mol. The summed E-state index contributed by atoms with van der Waals surface area (Å²) in [5.74, 6) is -2.03. The molecule has 1 saturated heterocycles. The molecule has 3 nitrogen and oxygen atoms in total. The standard InChI is InChI=1S/C34H41F3O3/c1-3-5-6-7-8-9-10-20-38-31-19-18-28(32(36)33(31)37)26-14-12-25(13-15-26)27-16-17-29(30(35)21-27)34-39-22-24(11-4-2)23-40-34/h12-19,21,24,34H,3-11,20,22-23H2,1-2H3. The lowest BCUT2D eigenvalue weighted by molar-refractivity contribution is -0.207. The molecule has 0 atom stereocenters. The molecule has 0 bridgehead atoms. The molecular weight excluding hydrogens is 513 g/mol. The SMILES string of the molecule is CCCCCCCCCOc1ccc(-c2ccc(-c3ccc(C4OCC(CCC)CO4)c(F)c3)cc2)c(F)c1F. The van der Waals surface area contributed by atoms with Crippen molar-refractivity contribution in [2.45, 2.75) is 77.9 Å². The Kier molecular flexibility index (Phi) is 11.5. The van der Waals surface area contributed by atoms with Crippen LogP contribution in [0, 0.1) is 23.4 Å². The van der Waals surface area contributed by atoms with E-state index in [4.69, 9.17) is 14.2 Å². The predicted octanol–water partition coefficient (Wildman–Crippen LogP) is 10.0. The summed E-state index contributed by atoms with van der Waals surface area (Å²) in [5, 5.41) is 0. The quantitative estimate of drug-likeness (QED) is 0.186. The molecule has 0 amide bonds. The molecule has 1 heterocycles. The molecule has 0 N–H and O–H groups in total. The molecule has 216 valence electrons. The monoisotopic (exact) mass is 554 g/mol. The molecule has 6 heteroatoms. The molecule has 0 radical (unpaired) electrons. The molecule has 1 fully saturated rings. The van der Waals surface area contributed by atoms with Gasteiger partial charge in [-0.3, -0.25) is 0 Å². The maximum absolute atomic E-state index is 15.0. The van der Waals surface area contributed by atoms with Gasteiger partial charge in [0.15, 0.2) is 17.9 Å². The Morgan fingerprint density at radius 3 is 2.02 bits per heavy atom. The first-order valence-corrected chi connectivity index (χ1v) is 14.8. The zero-order chi connectivity index (χ0) is 28.3. The molecule has 1 aliphatic heterocycles. The first-order valence-electron chi connectivity index (χ1n) is 14.8. The highest BCUT2D eigenvalue weighted by Gasteiger charge is 2.25. The third kappa shape index (κ3) is 7.88. The lowest BCUT2D eigenvalue weighted by atomic mass is 9.98. The van der Waals surface area contributed by atoms with Crippen molar-refractivity contribution in [2.75, 3.05) is 19.8 Å². The van der Waals surface area contributed by atoms with Crippen LogP contribution in [-0.2, 0) is 9.47 Å². The van der Waals surface area contributed by atoms with Crippen molar-refractivity contribution < 1.29 is 27.4 Å². The third-order valence-corrected chi connectivity index (χ3v) is 7.50. The van der Waals surface area contributed by atoms with Gasteiger partial charge in [-0.1, -0.05) is 95.2 Å². The van der Waals surface area contributed by atoms with E-state index in [0.29, 0.717) is 42.4 Å². The Morgan fingerprint density at radius 1 is 0.700 bits per heavy atom. The molecule has 0 aromatic heterocycles.